The standard InChI is InChI=1S/C19H19ClN2O2S2.ClH/c1-12-15-10-14(20)6-7-18(15)25-19(12)26(23,24)21-17-5-3-4-13-8-9-22(2)11-16(13)17;/h3-7,10,21H,8-9,11H2,1-2H3;1H. The molecule has 2 heterocycles. The monoisotopic (exact) mass is 442 g/mol. The third kappa shape index (κ3) is 3.82. The SMILES string of the molecule is Cc1c(S(=O)(=O)Nc2cccc3c2CN(C)CC3)sc2ccc(Cl)cc12.Cl. The Morgan fingerprint density at radius 1 is 1.22 bits per heavy atom. The van der Waals surface area contributed by atoms with E-state index in [0.29, 0.717) is 14.9 Å². The van der Waals surface area contributed by atoms with Crippen LogP contribution in [0.3, 0.4) is 0 Å². The highest BCUT2D eigenvalue weighted by molar-refractivity contribution is 7.94. The van der Waals surface area contributed by atoms with Gasteiger partial charge in [-0.3, -0.25) is 4.72 Å². The predicted octanol–water partition coefficient (Wildman–Crippen LogP) is 5.07. The highest BCUT2D eigenvalue weighted by Gasteiger charge is 2.24. The molecule has 8 heteroatoms. The summed E-state index contributed by atoms with van der Waals surface area (Å²) >= 11 is 7.35. The molecular formula is C19H20Cl2N2O2S2. The van der Waals surface area contributed by atoms with Gasteiger partial charge in [-0.15, -0.1) is 23.7 Å². The average Bonchev–Trinajstić information content (AvgIpc) is 2.92. The summed E-state index contributed by atoms with van der Waals surface area (Å²) in [4.78, 5) is 2.20. The Morgan fingerprint density at radius 2 is 2.00 bits per heavy atom. The van der Waals surface area contributed by atoms with Crippen molar-refractivity contribution in [3.05, 3.63) is 58.1 Å². The summed E-state index contributed by atoms with van der Waals surface area (Å²) in [5.41, 5.74) is 3.68. The van der Waals surface area contributed by atoms with Crippen LogP contribution in [-0.2, 0) is 23.0 Å². The van der Waals surface area contributed by atoms with E-state index in [4.69, 9.17) is 11.6 Å². The first-order valence-corrected chi connectivity index (χ1v) is 11.0. The fraction of sp³-hybridized carbons (Fsp3) is 0.263. The topological polar surface area (TPSA) is 49.4 Å². The van der Waals surface area contributed by atoms with E-state index < -0.39 is 10.0 Å². The first-order valence-electron chi connectivity index (χ1n) is 8.36. The van der Waals surface area contributed by atoms with Crippen LogP contribution in [0, 0.1) is 6.92 Å². The molecule has 3 aromatic rings. The van der Waals surface area contributed by atoms with Gasteiger partial charge in [-0.05, 0) is 66.7 Å². The lowest BCUT2D eigenvalue weighted by molar-refractivity contribution is 0.313. The lowest BCUT2D eigenvalue weighted by Gasteiger charge is -2.27. The lowest BCUT2D eigenvalue weighted by Crippen LogP contribution is -2.28. The summed E-state index contributed by atoms with van der Waals surface area (Å²) in [7, 11) is -1.61. The van der Waals surface area contributed by atoms with Crippen LogP contribution in [0.5, 0.6) is 0 Å². The van der Waals surface area contributed by atoms with Crippen molar-refractivity contribution in [2.24, 2.45) is 0 Å². The van der Waals surface area contributed by atoms with Crippen LogP contribution in [0.15, 0.2) is 40.6 Å². The van der Waals surface area contributed by atoms with Gasteiger partial charge >= 0.3 is 0 Å². The number of thiophene rings is 1. The highest BCUT2D eigenvalue weighted by Crippen LogP contribution is 2.37. The molecule has 0 atom stereocenters. The Hall–Kier alpha value is -1.31. The highest BCUT2D eigenvalue weighted by atomic mass is 35.5. The van der Waals surface area contributed by atoms with Gasteiger partial charge in [0, 0.05) is 22.8 Å². The molecule has 1 aliphatic rings. The van der Waals surface area contributed by atoms with Crippen molar-refractivity contribution in [2.45, 2.75) is 24.1 Å². The Balaban J connectivity index is 0.00000210. The quantitative estimate of drug-likeness (QED) is 0.615. The molecule has 0 saturated heterocycles. The molecule has 0 saturated carbocycles. The van der Waals surface area contributed by atoms with Crippen molar-refractivity contribution in [1.82, 2.24) is 4.90 Å². The van der Waals surface area contributed by atoms with E-state index >= 15 is 0 Å². The van der Waals surface area contributed by atoms with Crippen LogP contribution >= 0.6 is 35.3 Å². The number of sulfonamides is 1. The Labute approximate surface area is 174 Å². The largest absolute Gasteiger partial charge is 0.302 e. The maximum absolute atomic E-state index is 13.1. The first-order chi connectivity index (χ1) is 12.3. The summed E-state index contributed by atoms with van der Waals surface area (Å²) < 4.78 is 30.3. The van der Waals surface area contributed by atoms with E-state index in [2.05, 4.69) is 15.7 Å². The number of likely N-dealkylation sites (N-methyl/N-ethyl adjacent to an activating group) is 1. The number of anilines is 1. The van der Waals surface area contributed by atoms with E-state index in [1.807, 2.05) is 38.2 Å². The second kappa shape index (κ2) is 7.60. The number of rotatable bonds is 3. The molecule has 27 heavy (non-hydrogen) atoms. The molecule has 0 aliphatic carbocycles. The minimum Gasteiger partial charge on any atom is -0.302 e. The lowest BCUT2D eigenvalue weighted by atomic mass is 9.99. The van der Waals surface area contributed by atoms with E-state index in [1.54, 1.807) is 6.07 Å². The van der Waals surface area contributed by atoms with Gasteiger partial charge in [0.25, 0.3) is 10.0 Å². The van der Waals surface area contributed by atoms with E-state index in [-0.39, 0.29) is 12.4 Å². The number of aryl methyl sites for hydroxylation is 1. The molecule has 0 radical (unpaired) electrons. The molecule has 0 fully saturated rings. The smallest absolute Gasteiger partial charge is 0.271 e. The third-order valence-corrected chi connectivity index (χ3v) is 8.30. The number of benzene rings is 2. The van der Waals surface area contributed by atoms with Crippen LogP contribution in [-0.4, -0.2) is 26.9 Å². The second-order valence-electron chi connectivity index (χ2n) is 6.69. The number of nitrogens with one attached hydrogen (secondary N) is 1. The van der Waals surface area contributed by atoms with Gasteiger partial charge in [0.15, 0.2) is 0 Å². The minimum atomic E-state index is -3.66. The Bertz CT molecular complexity index is 1110. The fourth-order valence-corrected chi connectivity index (χ4v) is 6.44. The van der Waals surface area contributed by atoms with Crippen molar-refractivity contribution in [3.63, 3.8) is 0 Å². The summed E-state index contributed by atoms with van der Waals surface area (Å²) in [5.74, 6) is 0. The van der Waals surface area contributed by atoms with E-state index in [1.165, 1.54) is 16.9 Å². The van der Waals surface area contributed by atoms with Crippen molar-refractivity contribution < 1.29 is 8.42 Å². The number of fused-ring (bicyclic) bond motifs is 2. The van der Waals surface area contributed by atoms with Gasteiger partial charge in [0.05, 0.1) is 5.69 Å². The van der Waals surface area contributed by atoms with Gasteiger partial charge in [0.2, 0.25) is 0 Å². The van der Waals surface area contributed by atoms with Crippen molar-refractivity contribution in [2.75, 3.05) is 18.3 Å². The van der Waals surface area contributed by atoms with Crippen LogP contribution in [0.1, 0.15) is 16.7 Å². The summed E-state index contributed by atoms with van der Waals surface area (Å²) in [6.07, 6.45) is 0.932. The van der Waals surface area contributed by atoms with Gasteiger partial charge in [0.1, 0.15) is 4.21 Å². The van der Waals surface area contributed by atoms with Gasteiger partial charge in [-0.25, -0.2) is 8.42 Å². The molecule has 1 aromatic heterocycles. The Kier molecular flexibility index (Phi) is 5.75. The van der Waals surface area contributed by atoms with Gasteiger partial charge in [-0.1, -0.05) is 23.7 Å². The average molecular weight is 443 g/mol. The number of hydrogen-bond donors (Lipinski definition) is 1. The van der Waals surface area contributed by atoms with E-state index in [0.717, 1.165) is 40.7 Å². The van der Waals surface area contributed by atoms with Crippen molar-refractivity contribution >= 4 is 61.1 Å². The van der Waals surface area contributed by atoms with Crippen LogP contribution in [0.4, 0.5) is 5.69 Å². The van der Waals surface area contributed by atoms with Crippen molar-refractivity contribution in [3.8, 4) is 0 Å². The fourth-order valence-electron chi connectivity index (χ4n) is 3.43. The summed E-state index contributed by atoms with van der Waals surface area (Å²) in [5, 5.41) is 1.49. The second-order valence-corrected chi connectivity index (χ2v) is 10.1. The number of halogens is 2. The molecule has 4 nitrogen and oxygen atoms in total. The number of hydrogen-bond acceptors (Lipinski definition) is 4. The molecule has 1 aliphatic heterocycles. The molecule has 0 bridgehead atoms. The molecule has 0 amide bonds. The first kappa shape index (κ1) is 20.4. The normalized spacial score (nSPS) is 14.6. The summed E-state index contributed by atoms with van der Waals surface area (Å²) in [6.45, 7) is 3.56. The Morgan fingerprint density at radius 3 is 2.78 bits per heavy atom. The van der Waals surface area contributed by atoms with Gasteiger partial charge in [-0.2, -0.15) is 0 Å². The van der Waals surface area contributed by atoms with E-state index in [9.17, 15) is 8.42 Å². The molecule has 144 valence electrons. The number of nitrogens with zero attached hydrogens (tertiary/aromatic N) is 1. The molecule has 0 unspecified atom stereocenters. The zero-order valence-corrected chi connectivity index (χ0v) is 18.2. The van der Waals surface area contributed by atoms with Crippen LogP contribution in [0.2, 0.25) is 5.02 Å². The van der Waals surface area contributed by atoms with Crippen LogP contribution < -0.4 is 4.72 Å². The molecule has 1 N–H and O–H groups in total. The van der Waals surface area contributed by atoms with Crippen LogP contribution in [0.25, 0.3) is 10.1 Å². The minimum absolute atomic E-state index is 0. The zero-order valence-electron chi connectivity index (χ0n) is 15.0. The third-order valence-electron chi connectivity index (χ3n) is 4.81. The molecule has 2 aromatic carbocycles. The molecular weight excluding hydrogens is 423 g/mol. The maximum atomic E-state index is 13.1. The maximum Gasteiger partial charge on any atom is 0.271 e. The molecule has 0 spiro atoms. The van der Waals surface area contributed by atoms with Crippen molar-refractivity contribution in [1.29, 1.82) is 0 Å². The summed E-state index contributed by atoms with van der Waals surface area (Å²) in [6, 6.07) is 11.3. The predicted molar refractivity (Wildman–Crippen MR) is 116 cm³/mol. The molecule has 4 rings (SSSR count). The van der Waals surface area contributed by atoms with Gasteiger partial charge < -0.3 is 4.90 Å². The zero-order chi connectivity index (χ0) is 18.5.